The first kappa shape index (κ1) is 48.5. The van der Waals surface area contributed by atoms with Crippen LogP contribution in [-0.2, 0) is 28.6 Å². The molecule has 0 saturated heterocycles. The molecule has 0 fully saturated rings. The van der Waals surface area contributed by atoms with Gasteiger partial charge in [-0.3, -0.25) is 0 Å². The summed E-state index contributed by atoms with van der Waals surface area (Å²) in [7, 11) is 0. The number of aromatic nitrogens is 6. The van der Waals surface area contributed by atoms with Crippen LogP contribution in [0.1, 0.15) is 26.3 Å². The number of carbonyl (C=O) groups is 3. The summed E-state index contributed by atoms with van der Waals surface area (Å²) in [6, 6.07) is 15.2. The van der Waals surface area contributed by atoms with Crippen LogP contribution in [0.4, 0.5) is 0 Å². The summed E-state index contributed by atoms with van der Waals surface area (Å²) in [6.45, 7) is 6.18. The number of amidine groups is 1. The van der Waals surface area contributed by atoms with Crippen LogP contribution in [0.15, 0.2) is 89.5 Å². The number of carbonyl (C=O) groups excluding carboxylic acids is 3. The van der Waals surface area contributed by atoms with Gasteiger partial charge in [0.25, 0.3) is 0 Å². The van der Waals surface area contributed by atoms with E-state index >= 15 is 0 Å². The van der Waals surface area contributed by atoms with Crippen molar-refractivity contribution in [3.63, 3.8) is 0 Å². The van der Waals surface area contributed by atoms with Crippen molar-refractivity contribution in [1.29, 1.82) is 0 Å². The largest absolute Gasteiger partial charge is 0.463 e. The topological polar surface area (TPSA) is 177 Å². The maximum absolute atomic E-state index is 11.2. The van der Waals surface area contributed by atoms with Gasteiger partial charge in [0, 0.05) is 76.7 Å². The fraction of sp³-hybridized carbons (Fsp3) is 0.154. The van der Waals surface area contributed by atoms with Gasteiger partial charge in [0.1, 0.15) is 18.2 Å². The average Bonchev–Trinajstić information content (AvgIpc) is 4.00. The monoisotopic (exact) mass is 932 g/mol. The summed E-state index contributed by atoms with van der Waals surface area (Å²) >= 11 is 35.3. The number of aliphatic imine (C=N–C) groups is 1. The van der Waals surface area contributed by atoms with Gasteiger partial charge in [0.05, 0.1) is 19.8 Å². The summed E-state index contributed by atoms with van der Waals surface area (Å²) in [5.41, 5.74) is 4.67. The Morgan fingerprint density at radius 1 is 0.650 bits per heavy atom. The first-order valence-corrected chi connectivity index (χ1v) is 19.3. The van der Waals surface area contributed by atoms with Gasteiger partial charge in [-0.1, -0.05) is 69.6 Å². The van der Waals surface area contributed by atoms with Gasteiger partial charge in [-0.15, -0.1) is 22.0 Å². The molecule has 0 amide bonds. The molecule has 0 bridgehead atoms. The second-order valence-corrected chi connectivity index (χ2v) is 13.5. The second-order valence-electron chi connectivity index (χ2n) is 10.8. The van der Waals surface area contributed by atoms with Crippen molar-refractivity contribution in [1.82, 2.24) is 35.0 Å². The number of benzene rings is 3. The molecule has 60 heavy (non-hydrogen) atoms. The van der Waals surface area contributed by atoms with Crippen molar-refractivity contribution in [3.05, 3.63) is 115 Å². The Bertz CT molecular complexity index is 2250. The van der Waals surface area contributed by atoms with Crippen LogP contribution in [0, 0.1) is 12.3 Å². The molecule has 2 aromatic heterocycles. The lowest BCUT2D eigenvalue weighted by Crippen LogP contribution is -2.00. The van der Waals surface area contributed by atoms with Crippen molar-refractivity contribution in [2.75, 3.05) is 19.8 Å². The highest BCUT2D eigenvalue weighted by molar-refractivity contribution is 6.36. The molecular weight excluding hydrogens is 903 g/mol. The third kappa shape index (κ3) is 17.6. The average molecular weight is 935 g/mol. The molecule has 0 unspecified atom stereocenters. The number of nitrogens with zero attached hydrogens (tertiary/aromatic N) is 8. The summed E-state index contributed by atoms with van der Waals surface area (Å²) in [6.07, 6.45) is 15.5. The number of rotatable bonds is 10. The van der Waals surface area contributed by atoms with Gasteiger partial charge in [0.2, 0.25) is 0 Å². The quantitative estimate of drug-likeness (QED) is 0.0353. The van der Waals surface area contributed by atoms with E-state index < -0.39 is 17.9 Å². The fourth-order valence-corrected chi connectivity index (χ4v) is 5.72. The smallest absolute Gasteiger partial charge is 0.384 e. The standard InChI is InChI=1S/2C13H11Cl2N3O2.C8H4Cl2N3.C5H6O2/c2*1-2-20-12(19)3-4-18-8-16-13(17-18)9-5-10(14)7-11(15)6-9;9-6-1-5(2-7(10)3-6)8-11-4-12-13-8;1-3-5(6)7-4-2/h2*3-8H,2H2,1H3;1-3H,(H,11,12,13);1H,4H2,2H3/q;;+1;/b4-3+;4-3-;;. The summed E-state index contributed by atoms with van der Waals surface area (Å²) in [5, 5.41) is 15.4. The second kappa shape index (κ2) is 25.6. The van der Waals surface area contributed by atoms with Crippen molar-refractivity contribution in [2.45, 2.75) is 20.8 Å². The van der Waals surface area contributed by atoms with E-state index in [1.807, 2.05) is 0 Å². The van der Waals surface area contributed by atoms with Crippen molar-refractivity contribution < 1.29 is 28.6 Å². The van der Waals surface area contributed by atoms with Crippen LogP contribution in [0.25, 0.3) is 35.2 Å². The zero-order chi connectivity index (χ0) is 44.0. The SMILES string of the molecule is C#CC(=O)OCC.CCOC(=O)/C=C/n1cnc(-c2cc(Cl)cc(Cl)c2)n1.CCOC(=O)/C=C\n1cnc(-c2cc(Cl)cc(Cl)c2)n1.Clc1cc(Cl)cc(C2=NN[C+]=N2)c1. The molecule has 3 aromatic carbocycles. The highest BCUT2D eigenvalue weighted by Crippen LogP contribution is 2.26. The van der Waals surface area contributed by atoms with Crippen LogP contribution in [0.3, 0.4) is 0 Å². The Balaban J connectivity index is 0.000000226. The maximum Gasteiger partial charge on any atom is 0.384 e. The molecule has 310 valence electrons. The Labute approximate surface area is 374 Å². The maximum atomic E-state index is 11.2. The number of ether oxygens (including phenoxy) is 3. The third-order valence-electron chi connectivity index (χ3n) is 6.45. The van der Waals surface area contributed by atoms with E-state index in [0.29, 0.717) is 78.6 Å². The molecule has 3 heterocycles. The lowest BCUT2D eigenvalue weighted by molar-refractivity contribution is -0.138. The lowest BCUT2D eigenvalue weighted by Gasteiger charge is -1.98. The van der Waals surface area contributed by atoms with Crippen LogP contribution in [0.5, 0.6) is 0 Å². The van der Waals surface area contributed by atoms with E-state index in [0.717, 1.165) is 5.56 Å². The molecular formula is C39H32Cl6N9O6+. The van der Waals surface area contributed by atoms with Crippen LogP contribution in [-0.4, -0.2) is 79.4 Å². The van der Waals surface area contributed by atoms with Crippen molar-refractivity contribution in [2.24, 2.45) is 10.1 Å². The molecule has 0 saturated carbocycles. The summed E-state index contributed by atoms with van der Waals surface area (Å²) < 4.78 is 16.7. The van der Waals surface area contributed by atoms with Crippen molar-refractivity contribution >= 4 is 112 Å². The number of nitrogens with one attached hydrogen (secondary N) is 1. The first-order chi connectivity index (χ1) is 28.7. The van der Waals surface area contributed by atoms with E-state index in [9.17, 15) is 14.4 Å². The Morgan fingerprint density at radius 3 is 1.35 bits per heavy atom. The summed E-state index contributed by atoms with van der Waals surface area (Å²) in [4.78, 5) is 44.4. The van der Waals surface area contributed by atoms with Crippen LogP contribution >= 0.6 is 69.6 Å². The number of halogens is 6. The zero-order valence-corrected chi connectivity index (χ0v) is 36.2. The van der Waals surface area contributed by atoms with Crippen LogP contribution in [0.2, 0.25) is 30.1 Å². The number of hydrazone groups is 1. The van der Waals surface area contributed by atoms with E-state index in [1.165, 1.54) is 46.6 Å². The third-order valence-corrected chi connectivity index (χ3v) is 7.76. The van der Waals surface area contributed by atoms with Crippen molar-refractivity contribution in [3.8, 4) is 35.1 Å². The molecule has 21 heteroatoms. The van der Waals surface area contributed by atoms with Gasteiger partial charge < -0.3 is 14.2 Å². The highest BCUT2D eigenvalue weighted by Gasteiger charge is 2.18. The van der Waals surface area contributed by atoms with Crippen LogP contribution < -0.4 is 5.43 Å². The van der Waals surface area contributed by atoms with E-state index in [2.05, 4.69) is 53.2 Å². The molecule has 1 N–H and O–H groups in total. The number of terminal acetylenes is 1. The molecule has 15 nitrogen and oxygen atoms in total. The predicted octanol–water partition coefficient (Wildman–Crippen LogP) is 8.92. The summed E-state index contributed by atoms with van der Waals surface area (Å²) in [5.74, 6) is 1.79. The number of esters is 3. The molecule has 1 aliphatic rings. The van der Waals surface area contributed by atoms with E-state index in [1.54, 1.807) is 81.3 Å². The fourth-order valence-electron chi connectivity index (χ4n) is 4.14. The van der Waals surface area contributed by atoms with Gasteiger partial charge in [-0.2, -0.15) is 0 Å². The Hall–Kier alpha value is -5.82. The Kier molecular flexibility index (Phi) is 20.7. The molecule has 6 rings (SSSR count). The predicted molar refractivity (Wildman–Crippen MR) is 234 cm³/mol. The minimum atomic E-state index is -0.595. The molecule has 0 spiro atoms. The van der Waals surface area contributed by atoms with Gasteiger partial charge >= 0.3 is 30.1 Å². The molecule has 1 aliphatic heterocycles. The zero-order valence-electron chi connectivity index (χ0n) is 31.7. The number of hydrogen-bond donors (Lipinski definition) is 1. The van der Waals surface area contributed by atoms with E-state index in [-0.39, 0.29) is 0 Å². The number of hydrogen-bond acceptors (Lipinski definition) is 13. The normalized spacial score (nSPS) is 11.0. The lowest BCUT2D eigenvalue weighted by atomic mass is 10.2. The highest BCUT2D eigenvalue weighted by atomic mass is 35.5. The first-order valence-electron chi connectivity index (χ1n) is 17.1. The Morgan fingerprint density at radius 2 is 1.03 bits per heavy atom. The van der Waals surface area contributed by atoms with Gasteiger partial charge in [0.15, 0.2) is 11.6 Å². The molecule has 0 aliphatic carbocycles. The van der Waals surface area contributed by atoms with E-state index in [4.69, 9.17) is 79.1 Å². The van der Waals surface area contributed by atoms with Gasteiger partial charge in [-0.05, 0) is 80.5 Å². The minimum Gasteiger partial charge on any atom is -0.463 e. The minimum absolute atomic E-state index is 0.326. The molecule has 0 radical (unpaired) electrons. The molecule has 0 atom stereocenters. The molecule has 5 aromatic rings. The van der Waals surface area contributed by atoms with Gasteiger partial charge in [-0.25, -0.2) is 33.7 Å².